The number of aromatic nitrogens is 3. The van der Waals surface area contributed by atoms with Crippen LogP contribution in [0, 0.1) is 0 Å². The lowest BCUT2D eigenvalue weighted by Crippen LogP contribution is -2.37. The summed E-state index contributed by atoms with van der Waals surface area (Å²) in [6.07, 6.45) is 5.51. The molecule has 0 fully saturated rings. The van der Waals surface area contributed by atoms with E-state index in [0.29, 0.717) is 18.2 Å². The Bertz CT molecular complexity index is 858. The van der Waals surface area contributed by atoms with Crippen molar-refractivity contribution in [2.45, 2.75) is 26.6 Å². The molecule has 0 radical (unpaired) electrons. The molecule has 7 heteroatoms. The standard InChI is InChI=1S/C20H23ClN6/c1-2-22-20(24-13-16-8-9-19(21)23-12-16)25-14-17-6-3-4-7-18(17)15-27-11-5-10-26-27/h3-12H,2,13-15H2,1H3,(H2,22,24,25). The summed E-state index contributed by atoms with van der Waals surface area (Å²) in [4.78, 5) is 8.72. The highest BCUT2D eigenvalue weighted by atomic mass is 35.5. The molecule has 2 aromatic heterocycles. The molecule has 0 atom stereocenters. The highest BCUT2D eigenvalue weighted by Gasteiger charge is 2.05. The summed E-state index contributed by atoms with van der Waals surface area (Å²) in [6.45, 7) is 4.80. The van der Waals surface area contributed by atoms with Gasteiger partial charge in [0.1, 0.15) is 5.15 Å². The molecule has 0 aliphatic heterocycles. The number of benzene rings is 1. The van der Waals surface area contributed by atoms with Gasteiger partial charge in [-0.15, -0.1) is 0 Å². The van der Waals surface area contributed by atoms with Gasteiger partial charge in [0.2, 0.25) is 0 Å². The van der Waals surface area contributed by atoms with Gasteiger partial charge in [-0.25, -0.2) is 9.98 Å². The van der Waals surface area contributed by atoms with E-state index in [1.807, 2.05) is 36.0 Å². The molecule has 2 N–H and O–H groups in total. The van der Waals surface area contributed by atoms with Crippen LogP contribution < -0.4 is 10.6 Å². The molecule has 140 valence electrons. The van der Waals surface area contributed by atoms with Crippen molar-refractivity contribution in [1.82, 2.24) is 25.4 Å². The third kappa shape index (κ3) is 5.82. The second kappa shape index (κ2) is 9.73. The molecule has 0 aliphatic carbocycles. The van der Waals surface area contributed by atoms with Gasteiger partial charge in [-0.2, -0.15) is 5.10 Å². The first-order valence-corrected chi connectivity index (χ1v) is 9.29. The zero-order chi connectivity index (χ0) is 18.9. The summed E-state index contributed by atoms with van der Waals surface area (Å²) in [6, 6.07) is 14.0. The molecule has 27 heavy (non-hydrogen) atoms. The number of nitrogens with one attached hydrogen (secondary N) is 2. The van der Waals surface area contributed by atoms with Gasteiger partial charge in [-0.1, -0.05) is 41.9 Å². The predicted octanol–water partition coefficient (Wildman–Crippen LogP) is 3.24. The predicted molar refractivity (Wildman–Crippen MR) is 109 cm³/mol. The normalized spacial score (nSPS) is 11.4. The SMILES string of the molecule is CCNC(=NCc1ccc(Cl)nc1)NCc1ccccc1Cn1cccn1. The van der Waals surface area contributed by atoms with Gasteiger partial charge in [-0.05, 0) is 35.7 Å². The number of nitrogens with zero attached hydrogens (tertiary/aromatic N) is 4. The van der Waals surface area contributed by atoms with Crippen LogP contribution in [0.1, 0.15) is 23.6 Å². The maximum Gasteiger partial charge on any atom is 0.191 e. The van der Waals surface area contributed by atoms with Crippen molar-refractivity contribution < 1.29 is 0 Å². The Morgan fingerprint density at radius 3 is 2.67 bits per heavy atom. The Morgan fingerprint density at radius 2 is 1.96 bits per heavy atom. The van der Waals surface area contributed by atoms with Crippen LogP contribution in [0.3, 0.4) is 0 Å². The fourth-order valence-corrected chi connectivity index (χ4v) is 2.76. The number of guanidine groups is 1. The van der Waals surface area contributed by atoms with Crippen LogP contribution in [0.25, 0.3) is 0 Å². The van der Waals surface area contributed by atoms with Gasteiger partial charge < -0.3 is 10.6 Å². The Balaban J connectivity index is 1.65. The molecule has 0 spiro atoms. The van der Waals surface area contributed by atoms with Crippen molar-refractivity contribution in [2.24, 2.45) is 4.99 Å². The first-order valence-electron chi connectivity index (χ1n) is 8.91. The Hall–Kier alpha value is -2.86. The first-order chi connectivity index (χ1) is 13.2. The zero-order valence-corrected chi connectivity index (χ0v) is 16.0. The molecule has 1 aromatic carbocycles. The van der Waals surface area contributed by atoms with E-state index in [0.717, 1.165) is 24.6 Å². The number of hydrogen-bond acceptors (Lipinski definition) is 3. The van der Waals surface area contributed by atoms with E-state index in [9.17, 15) is 0 Å². The maximum absolute atomic E-state index is 5.83. The van der Waals surface area contributed by atoms with E-state index in [-0.39, 0.29) is 0 Å². The first kappa shape index (κ1) is 18.9. The van der Waals surface area contributed by atoms with Gasteiger partial charge in [-0.3, -0.25) is 4.68 Å². The Labute approximate surface area is 164 Å². The molecule has 0 aliphatic rings. The van der Waals surface area contributed by atoms with Crippen LogP contribution >= 0.6 is 11.6 Å². The van der Waals surface area contributed by atoms with Crippen LogP contribution in [0.5, 0.6) is 0 Å². The third-order valence-corrected chi connectivity index (χ3v) is 4.23. The van der Waals surface area contributed by atoms with Crippen LogP contribution in [0.2, 0.25) is 5.15 Å². The summed E-state index contributed by atoms with van der Waals surface area (Å²) >= 11 is 5.83. The molecule has 2 heterocycles. The van der Waals surface area contributed by atoms with E-state index >= 15 is 0 Å². The van der Waals surface area contributed by atoms with Crippen molar-refractivity contribution in [3.05, 3.63) is 82.9 Å². The lowest BCUT2D eigenvalue weighted by molar-refractivity contribution is 0.677. The molecular formula is C20H23ClN6. The highest BCUT2D eigenvalue weighted by Crippen LogP contribution is 2.10. The summed E-state index contributed by atoms with van der Waals surface area (Å²) in [5, 5.41) is 11.5. The van der Waals surface area contributed by atoms with Gasteiger partial charge in [0.15, 0.2) is 5.96 Å². The number of aliphatic imine (C=N–C) groups is 1. The van der Waals surface area contributed by atoms with E-state index in [4.69, 9.17) is 11.6 Å². The quantitative estimate of drug-likeness (QED) is 0.374. The summed E-state index contributed by atoms with van der Waals surface area (Å²) < 4.78 is 1.92. The average molecular weight is 383 g/mol. The van der Waals surface area contributed by atoms with Crippen molar-refractivity contribution in [2.75, 3.05) is 6.54 Å². The van der Waals surface area contributed by atoms with Crippen LogP contribution in [-0.4, -0.2) is 27.3 Å². The highest BCUT2D eigenvalue weighted by molar-refractivity contribution is 6.29. The topological polar surface area (TPSA) is 67.1 Å². The minimum absolute atomic E-state index is 0.488. The lowest BCUT2D eigenvalue weighted by atomic mass is 10.1. The number of pyridine rings is 1. The minimum atomic E-state index is 0.488. The van der Waals surface area contributed by atoms with E-state index in [2.05, 4.69) is 43.9 Å². The van der Waals surface area contributed by atoms with Crippen molar-refractivity contribution >= 4 is 17.6 Å². The molecule has 6 nitrogen and oxygen atoms in total. The van der Waals surface area contributed by atoms with Crippen LogP contribution in [-0.2, 0) is 19.6 Å². The lowest BCUT2D eigenvalue weighted by Gasteiger charge is -2.14. The molecule has 0 saturated heterocycles. The Morgan fingerprint density at radius 1 is 1.11 bits per heavy atom. The molecule has 0 unspecified atom stereocenters. The average Bonchev–Trinajstić information content (AvgIpc) is 3.19. The smallest absolute Gasteiger partial charge is 0.191 e. The largest absolute Gasteiger partial charge is 0.357 e. The summed E-state index contributed by atoms with van der Waals surface area (Å²) in [5.74, 6) is 0.765. The molecule has 3 rings (SSSR count). The van der Waals surface area contributed by atoms with E-state index in [1.54, 1.807) is 18.5 Å². The monoisotopic (exact) mass is 382 g/mol. The number of hydrogen-bond donors (Lipinski definition) is 2. The second-order valence-electron chi connectivity index (χ2n) is 6.01. The van der Waals surface area contributed by atoms with Gasteiger partial charge in [0.25, 0.3) is 0 Å². The number of halogens is 1. The van der Waals surface area contributed by atoms with E-state index in [1.165, 1.54) is 11.1 Å². The van der Waals surface area contributed by atoms with Crippen molar-refractivity contribution in [3.8, 4) is 0 Å². The summed E-state index contributed by atoms with van der Waals surface area (Å²) in [5.41, 5.74) is 3.45. The van der Waals surface area contributed by atoms with Gasteiger partial charge in [0, 0.05) is 31.7 Å². The van der Waals surface area contributed by atoms with Crippen molar-refractivity contribution in [3.63, 3.8) is 0 Å². The molecule has 3 aromatic rings. The van der Waals surface area contributed by atoms with Gasteiger partial charge in [0.05, 0.1) is 13.1 Å². The molecule has 0 saturated carbocycles. The van der Waals surface area contributed by atoms with E-state index < -0.39 is 0 Å². The molecule has 0 amide bonds. The van der Waals surface area contributed by atoms with Crippen LogP contribution in [0.15, 0.2) is 66.0 Å². The van der Waals surface area contributed by atoms with Crippen molar-refractivity contribution in [1.29, 1.82) is 0 Å². The summed E-state index contributed by atoms with van der Waals surface area (Å²) in [7, 11) is 0. The van der Waals surface area contributed by atoms with Crippen LogP contribution in [0.4, 0.5) is 0 Å². The molecular weight excluding hydrogens is 360 g/mol. The fourth-order valence-electron chi connectivity index (χ4n) is 2.64. The third-order valence-electron chi connectivity index (χ3n) is 4.01. The molecule has 0 bridgehead atoms. The van der Waals surface area contributed by atoms with Gasteiger partial charge >= 0.3 is 0 Å². The fraction of sp³-hybridized carbons (Fsp3) is 0.250. The zero-order valence-electron chi connectivity index (χ0n) is 15.3. The maximum atomic E-state index is 5.83. The minimum Gasteiger partial charge on any atom is -0.357 e. The second-order valence-corrected chi connectivity index (χ2v) is 6.40. The Kier molecular flexibility index (Phi) is 6.82. The number of rotatable bonds is 7.